The van der Waals surface area contributed by atoms with E-state index >= 15 is 0 Å². The Hall–Kier alpha value is -1.04. The van der Waals surface area contributed by atoms with Crippen molar-refractivity contribution in [1.82, 2.24) is 0 Å². The first-order valence-electron chi connectivity index (χ1n) is 12.1. The van der Waals surface area contributed by atoms with E-state index in [9.17, 15) is 9.59 Å². The predicted molar refractivity (Wildman–Crippen MR) is 131 cm³/mol. The van der Waals surface area contributed by atoms with Crippen molar-refractivity contribution < 1.29 is 19.1 Å². The maximum atomic E-state index is 12.4. The normalized spacial score (nSPS) is 10.2. The molecular weight excluding hydrogens is 495 g/mol. The van der Waals surface area contributed by atoms with Gasteiger partial charge in [-0.05, 0) is 25.0 Å². The van der Waals surface area contributed by atoms with Crippen molar-refractivity contribution in [3.63, 3.8) is 0 Å². The molecule has 0 bridgehead atoms. The zero-order chi connectivity index (χ0) is 23.2. The van der Waals surface area contributed by atoms with E-state index in [1.165, 1.54) is 51.4 Å². The average molecular weight is 539 g/mol. The fraction of sp³-hybridized carbons (Fsp3) is 0.692. The molecule has 0 aliphatic heterocycles. The van der Waals surface area contributed by atoms with Crippen LogP contribution in [0.15, 0.2) is 24.3 Å². The van der Waals surface area contributed by atoms with E-state index in [4.69, 9.17) is 9.47 Å². The molecule has 4 nitrogen and oxygen atoms in total. The third kappa shape index (κ3) is 16.3. The van der Waals surface area contributed by atoms with Gasteiger partial charge in [-0.3, -0.25) is 0 Å². The van der Waals surface area contributed by atoms with E-state index in [1.54, 1.807) is 24.3 Å². The Kier molecular flexibility index (Phi) is 21.4. The molecule has 0 aliphatic rings. The number of rotatable bonds is 16. The summed E-state index contributed by atoms with van der Waals surface area (Å²) in [7, 11) is 0. The molecule has 1 rings (SSSR count). The summed E-state index contributed by atoms with van der Waals surface area (Å²) in [6.45, 7) is 5.17. The molecule has 0 heterocycles. The predicted octanol–water partition coefficient (Wildman–Crippen LogP) is 7.51. The van der Waals surface area contributed by atoms with Crippen molar-refractivity contribution >= 4 is 33.1 Å². The van der Waals surface area contributed by atoms with Crippen LogP contribution in [0.3, 0.4) is 0 Å². The summed E-state index contributed by atoms with van der Waals surface area (Å²) in [5, 5.41) is 0. The van der Waals surface area contributed by atoms with Crippen molar-refractivity contribution in [3.8, 4) is 0 Å². The number of benzene rings is 1. The van der Waals surface area contributed by atoms with Crippen molar-refractivity contribution in [3.05, 3.63) is 35.4 Å². The Labute approximate surface area is 201 Å². The SMILES string of the molecule is CCCCCCCCOC(=O)c1ccccc1C(=O)OCCCCCCCC.[CH3][Sn][CH3]. The van der Waals surface area contributed by atoms with Gasteiger partial charge in [0.15, 0.2) is 0 Å². The fourth-order valence-electron chi connectivity index (χ4n) is 3.09. The molecule has 0 saturated carbocycles. The molecule has 0 N–H and O–H groups in total. The molecule has 1 aromatic carbocycles. The molecule has 0 amide bonds. The second kappa shape index (κ2) is 22.2. The van der Waals surface area contributed by atoms with Gasteiger partial charge in [-0.25, -0.2) is 9.59 Å². The molecule has 1 aromatic rings. The first kappa shape index (κ1) is 30.0. The number of esters is 2. The van der Waals surface area contributed by atoms with Gasteiger partial charge in [0.25, 0.3) is 0 Å². The first-order chi connectivity index (χ1) is 15.1. The van der Waals surface area contributed by atoms with Gasteiger partial charge in [-0.1, -0.05) is 90.2 Å². The number of hydrogen-bond acceptors (Lipinski definition) is 4. The summed E-state index contributed by atoms with van der Waals surface area (Å²) in [5.74, 6) is -0.888. The van der Waals surface area contributed by atoms with Crippen LogP contribution in [0, 0.1) is 0 Å². The van der Waals surface area contributed by atoms with Gasteiger partial charge in [-0.15, -0.1) is 0 Å². The van der Waals surface area contributed by atoms with Crippen LogP contribution >= 0.6 is 0 Å². The standard InChI is InChI=1S/C24H38O4.2CH3.Sn/c1-3-5-7-9-11-15-19-27-23(25)21-17-13-14-18-22(21)24(26)28-20-16-12-10-8-6-4-2;;;/h13-14,17-18H,3-12,15-16,19-20H2,1-2H3;2*1H3;. The molecule has 0 unspecified atom stereocenters. The van der Waals surface area contributed by atoms with Crippen LogP contribution in [0.2, 0.25) is 9.88 Å². The van der Waals surface area contributed by atoms with E-state index in [0.29, 0.717) is 24.3 Å². The van der Waals surface area contributed by atoms with Gasteiger partial charge < -0.3 is 9.47 Å². The number of hydrogen-bond donors (Lipinski definition) is 0. The van der Waals surface area contributed by atoms with Gasteiger partial charge in [0.05, 0.1) is 24.3 Å². The fourth-order valence-corrected chi connectivity index (χ4v) is 3.09. The van der Waals surface area contributed by atoms with Crippen LogP contribution in [0.5, 0.6) is 0 Å². The number of ether oxygens (including phenoxy) is 2. The number of unbranched alkanes of at least 4 members (excludes halogenated alkanes) is 10. The monoisotopic (exact) mass is 540 g/mol. The second-order valence-electron chi connectivity index (χ2n) is 7.85. The molecule has 0 aromatic heterocycles. The molecular formula is C26H44O4Sn. The Bertz CT molecular complexity index is 525. The Morgan fingerprint density at radius 3 is 1.32 bits per heavy atom. The molecule has 31 heavy (non-hydrogen) atoms. The van der Waals surface area contributed by atoms with Gasteiger partial charge in [-0.2, -0.15) is 0 Å². The summed E-state index contributed by atoms with van der Waals surface area (Å²) < 4.78 is 10.7. The second-order valence-corrected chi connectivity index (χ2v) is 10.7. The summed E-state index contributed by atoms with van der Waals surface area (Å²) in [5.41, 5.74) is 0.586. The molecule has 0 fully saturated rings. The summed E-state index contributed by atoms with van der Waals surface area (Å²) in [4.78, 5) is 29.3. The summed E-state index contributed by atoms with van der Waals surface area (Å²) in [6.07, 6.45) is 13.6. The maximum absolute atomic E-state index is 12.4. The molecule has 5 heteroatoms. The summed E-state index contributed by atoms with van der Waals surface area (Å²) in [6, 6.07) is 6.74. The van der Waals surface area contributed by atoms with Gasteiger partial charge in [0.2, 0.25) is 0 Å². The third-order valence-electron chi connectivity index (χ3n) is 4.83. The number of carbonyl (C=O) groups is 2. The van der Waals surface area contributed by atoms with Gasteiger partial charge >= 0.3 is 43.0 Å². The zero-order valence-corrected chi connectivity index (χ0v) is 23.2. The van der Waals surface area contributed by atoms with Crippen molar-refractivity contribution in [2.45, 2.75) is 101 Å². The van der Waals surface area contributed by atoms with Gasteiger partial charge in [0, 0.05) is 0 Å². The molecule has 2 radical (unpaired) electrons. The first-order valence-corrected chi connectivity index (χ1v) is 17.8. The van der Waals surface area contributed by atoms with Crippen LogP contribution in [0.25, 0.3) is 0 Å². The molecule has 176 valence electrons. The minimum atomic E-state index is -0.444. The topological polar surface area (TPSA) is 52.6 Å². The van der Waals surface area contributed by atoms with E-state index in [2.05, 4.69) is 23.7 Å². The Morgan fingerprint density at radius 1 is 0.645 bits per heavy atom. The third-order valence-corrected chi connectivity index (χ3v) is 4.83. The van der Waals surface area contributed by atoms with E-state index in [-0.39, 0.29) is 21.1 Å². The minimum absolute atomic E-state index is 0.230. The molecule has 0 atom stereocenters. The van der Waals surface area contributed by atoms with Crippen LogP contribution in [0.4, 0.5) is 0 Å². The van der Waals surface area contributed by atoms with Crippen LogP contribution in [-0.4, -0.2) is 46.3 Å². The van der Waals surface area contributed by atoms with E-state index < -0.39 is 11.9 Å². The molecule has 0 spiro atoms. The van der Waals surface area contributed by atoms with Crippen molar-refractivity contribution in [2.75, 3.05) is 13.2 Å². The Morgan fingerprint density at radius 2 is 0.968 bits per heavy atom. The molecule has 0 saturated heterocycles. The van der Waals surface area contributed by atoms with Gasteiger partial charge in [0.1, 0.15) is 0 Å². The van der Waals surface area contributed by atoms with Crippen molar-refractivity contribution in [2.24, 2.45) is 0 Å². The summed E-state index contributed by atoms with van der Waals surface area (Å²) >= 11 is 0.230. The van der Waals surface area contributed by atoms with Crippen molar-refractivity contribution in [1.29, 1.82) is 0 Å². The van der Waals surface area contributed by atoms with E-state index in [1.807, 2.05) is 0 Å². The van der Waals surface area contributed by atoms with Crippen LogP contribution in [-0.2, 0) is 9.47 Å². The Balaban J connectivity index is 0.00000282. The van der Waals surface area contributed by atoms with Crippen LogP contribution in [0.1, 0.15) is 112 Å². The quantitative estimate of drug-likeness (QED) is 0.124. The average Bonchev–Trinajstić information content (AvgIpc) is 2.78. The van der Waals surface area contributed by atoms with E-state index in [0.717, 1.165) is 25.7 Å². The number of carbonyl (C=O) groups excluding carboxylic acids is 2. The molecule has 0 aliphatic carbocycles. The zero-order valence-electron chi connectivity index (χ0n) is 20.3. The van der Waals surface area contributed by atoms with Crippen LogP contribution < -0.4 is 0 Å².